The standard InChI is InChI=1S/C22H24N4O.C2HF3O2/c1-16-6-8-17(9-7-16)24-22(27)25-18-11-14-26(15-12-18)21-10-13-23-20-5-3-2-4-19(20)21;3-2(4,5)1(6)7/h2-10,13,18H,11-12,14-15H2,1H3,(H2,24,25,27);(H,6,7). The van der Waals surface area contributed by atoms with Crippen LogP contribution in [0.2, 0.25) is 0 Å². The van der Waals surface area contributed by atoms with Crippen LogP contribution in [-0.4, -0.2) is 47.4 Å². The number of rotatable bonds is 3. The Morgan fingerprint density at radius 2 is 1.65 bits per heavy atom. The van der Waals surface area contributed by atoms with Gasteiger partial charge in [-0.3, -0.25) is 4.98 Å². The Labute approximate surface area is 194 Å². The van der Waals surface area contributed by atoms with Gasteiger partial charge in [-0.2, -0.15) is 13.2 Å². The first-order valence-electron chi connectivity index (χ1n) is 10.7. The van der Waals surface area contributed by atoms with Gasteiger partial charge in [-0.15, -0.1) is 0 Å². The number of halogens is 3. The summed E-state index contributed by atoms with van der Waals surface area (Å²) in [5.74, 6) is -2.76. The van der Waals surface area contributed by atoms with Crippen molar-refractivity contribution in [3.05, 3.63) is 66.4 Å². The number of aromatic nitrogens is 1. The highest BCUT2D eigenvalue weighted by Gasteiger charge is 2.38. The SMILES string of the molecule is Cc1ccc(NC(=O)NC2CCN(c3ccnc4ccccc34)CC2)cc1.O=C(O)C(F)(F)F. The molecule has 4 rings (SSSR count). The van der Waals surface area contributed by atoms with Crippen LogP contribution in [0.15, 0.2) is 60.8 Å². The predicted molar refractivity (Wildman–Crippen MR) is 124 cm³/mol. The zero-order valence-electron chi connectivity index (χ0n) is 18.5. The number of carbonyl (C=O) groups is 2. The van der Waals surface area contributed by atoms with Crippen molar-refractivity contribution in [1.82, 2.24) is 10.3 Å². The minimum Gasteiger partial charge on any atom is -0.475 e. The first kappa shape index (κ1) is 24.8. The highest BCUT2D eigenvalue weighted by atomic mass is 19.4. The second-order valence-corrected chi connectivity index (χ2v) is 7.88. The summed E-state index contributed by atoms with van der Waals surface area (Å²) < 4.78 is 31.7. The minimum atomic E-state index is -5.08. The number of anilines is 2. The zero-order valence-corrected chi connectivity index (χ0v) is 18.5. The van der Waals surface area contributed by atoms with E-state index in [4.69, 9.17) is 9.90 Å². The number of carboxylic acid groups (broad SMARTS) is 1. The number of aryl methyl sites for hydroxylation is 1. The zero-order chi connectivity index (χ0) is 24.7. The summed E-state index contributed by atoms with van der Waals surface area (Å²) in [4.78, 5) is 28.0. The first-order valence-corrected chi connectivity index (χ1v) is 10.7. The number of fused-ring (bicyclic) bond motifs is 1. The lowest BCUT2D eigenvalue weighted by molar-refractivity contribution is -0.192. The number of hydrogen-bond donors (Lipinski definition) is 3. The van der Waals surface area contributed by atoms with Gasteiger partial charge in [-0.25, -0.2) is 9.59 Å². The van der Waals surface area contributed by atoms with Gasteiger partial charge in [0.15, 0.2) is 0 Å². The molecule has 1 saturated heterocycles. The molecule has 3 aromatic rings. The average molecular weight is 474 g/mol. The Kier molecular flexibility index (Phi) is 7.93. The summed E-state index contributed by atoms with van der Waals surface area (Å²) in [5.41, 5.74) is 4.24. The smallest absolute Gasteiger partial charge is 0.475 e. The monoisotopic (exact) mass is 474 g/mol. The first-order chi connectivity index (χ1) is 16.1. The van der Waals surface area contributed by atoms with E-state index in [-0.39, 0.29) is 12.1 Å². The van der Waals surface area contributed by atoms with E-state index < -0.39 is 12.1 Å². The Bertz CT molecular complexity index is 1120. The van der Waals surface area contributed by atoms with E-state index in [9.17, 15) is 18.0 Å². The molecule has 2 heterocycles. The maximum absolute atomic E-state index is 12.2. The predicted octanol–water partition coefficient (Wildman–Crippen LogP) is 4.97. The molecule has 1 aliphatic rings. The molecule has 2 amide bonds. The number of amides is 2. The third kappa shape index (κ3) is 6.84. The van der Waals surface area contributed by atoms with Crippen LogP contribution in [0, 0.1) is 6.92 Å². The molecule has 2 aromatic carbocycles. The topological polar surface area (TPSA) is 94.6 Å². The molecule has 7 nitrogen and oxygen atoms in total. The van der Waals surface area contributed by atoms with E-state index in [1.54, 1.807) is 0 Å². The molecule has 0 unspecified atom stereocenters. The quantitative estimate of drug-likeness (QED) is 0.499. The van der Waals surface area contributed by atoms with Crippen molar-refractivity contribution < 1.29 is 27.9 Å². The molecule has 0 radical (unpaired) electrons. The largest absolute Gasteiger partial charge is 0.490 e. The number of pyridine rings is 1. The molecule has 1 fully saturated rings. The molecule has 0 aliphatic carbocycles. The van der Waals surface area contributed by atoms with Crippen LogP contribution in [0.4, 0.5) is 29.3 Å². The van der Waals surface area contributed by atoms with Gasteiger partial charge in [-0.1, -0.05) is 35.9 Å². The summed E-state index contributed by atoms with van der Waals surface area (Å²) >= 11 is 0. The van der Waals surface area contributed by atoms with E-state index >= 15 is 0 Å². The van der Waals surface area contributed by atoms with Crippen LogP contribution in [0.1, 0.15) is 18.4 Å². The van der Waals surface area contributed by atoms with E-state index in [0.29, 0.717) is 0 Å². The van der Waals surface area contributed by atoms with Crippen LogP contribution in [0.3, 0.4) is 0 Å². The van der Waals surface area contributed by atoms with Crippen molar-refractivity contribution in [3.63, 3.8) is 0 Å². The number of urea groups is 1. The van der Waals surface area contributed by atoms with Gasteiger partial charge in [0.05, 0.1) is 5.52 Å². The Morgan fingerprint density at radius 1 is 1.03 bits per heavy atom. The summed E-state index contributed by atoms with van der Waals surface area (Å²) in [5, 5.41) is 14.3. The van der Waals surface area contributed by atoms with Crippen molar-refractivity contribution in [2.45, 2.75) is 32.0 Å². The fourth-order valence-corrected chi connectivity index (χ4v) is 3.61. The molecule has 1 aromatic heterocycles. The van der Waals surface area contributed by atoms with Crippen molar-refractivity contribution >= 4 is 34.3 Å². The Hall–Kier alpha value is -3.82. The maximum Gasteiger partial charge on any atom is 0.490 e. The minimum absolute atomic E-state index is 0.133. The number of carbonyl (C=O) groups excluding carboxylic acids is 1. The lowest BCUT2D eigenvalue weighted by Gasteiger charge is -2.34. The number of carboxylic acids is 1. The highest BCUT2D eigenvalue weighted by molar-refractivity contribution is 5.91. The molecule has 0 saturated carbocycles. The van der Waals surface area contributed by atoms with Gasteiger partial charge in [0.25, 0.3) is 0 Å². The molecule has 34 heavy (non-hydrogen) atoms. The molecule has 0 atom stereocenters. The lowest BCUT2D eigenvalue weighted by Crippen LogP contribution is -2.46. The number of nitrogens with zero attached hydrogens (tertiary/aromatic N) is 2. The van der Waals surface area contributed by atoms with Crippen molar-refractivity contribution in [2.75, 3.05) is 23.3 Å². The lowest BCUT2D eigenvalue weighted by atomic mass is 10.0. The molecule has 10 heteroatoms. The van der Waals surface area contributed by atoms with Gasteiger partial charge in [-0.05, 0) is 44.0 Å². The maximum atomic E-state index is 12.2. The number of benzene rings is 2. The Balaban J connectivity index is 0.000000406. The molecular weight excluding hydrogens is 449 g/mol. The number of alkyl halides is 3. The van der Waals surface area contributed by atoms with Gasteiger partial charge < -0.3 is 20.6 Å². The van der Waals surface area contributed by atoms with E-state index in [0.717, 1.165) is 37.1 Å². The normalized spacial score (nSPS) is 14.2. The van der Waals surface area contributed by atoms with Crippen LogP contribution in [0.5, 0.6) is 0 Å². The molecule has 0 bridgehead atoms. The van der Waals surface area contributed by atoms with Gasteiger partial charge in [0, 0.05) is 42.1 Å². The summed E-state index contributed by atoms with van der Waals surface area (Å²) in [6, 6.07) is 18.2. The number of para-hydroxylation sites is 1. The molecular formula is C24H25F3N4O3. The van der Waals surface area contributed by atoms with Gasteiger partial charge >= 0.3 is 18.2 Å². The third-order valence-corrected chi connectivity index (χ3v) is 5.35. The van der Waals surface area contributed by atoms with Gasteiger partial charge in [0.2, 0.25) is 0 Å². The molecule has 180 valence electrons. The average Bonchev–Trinajstić information content (AvgIpc) is 2.80. The highest BCUT2D eigenvalue weighted by Crippen LogP contribution is 2.27. The molecule has 3 N–H and O–H groups in total. The summed E-state index contributed by atoms with van der Waals surface area (Å²) in [6.45, 7) is 3.87. The van der Waals surface area contributed by atoms with Crippen molar-refractivity contribution in [2.24, 2.45) is 0 Å². The fraction of sp³-hybridized carbons (Fsp3) is 0.292. The second-order valence-electron chi connectivity index (χ2n) is 7.88. The molecule has 1 aliphatic heterocycles. The second kappa shape index (κ2) is 10.9. The van der Waals surface area contributed by atoms with Crippen LogP contribution < -0.4 is 15.5 Å². The fourth-order valence-electron chi connectivity index (χ4n) is 3.61. The third-order valence-electron chi connectivity index (χ3n) is 5.35. The van der Waals surface area contributed by atoms with Crippen molar-refractivity contribution in [1.29, 1.82) is 0 Å². The Morgan fingerprint density at radius 3 is 2.26 bits per heavy atom. The van der Waals surface area contributed by atoms with E-state index in [1.165, 1.54) is 16.6 Å². The number of aliphatic carboxylic acids is 1. The van der Waals surface area contributed by atoms with Crippen LogP contribution in [-0.2, 0) is 4.79 Å². The number of nitrogens with one attached hydrogen (secondary N) is 2. The number of hydrogen-bond acceptors (Lipinski definition) is 4. The molecule has 0 spiro atoms. The summed E-state index contributed by atoms with van der Waals surface area (Å²) in [6.07, 6.45) is -1.35. The van der Waals surface area contributed by atoms with Crippen LogP contribution >= 0.6 is 0 Å². The van der Waals surface area contributed by atoms with E-state index in [1.807, 2.05) is 49.5 Å². The van der Waals surface area contributed by atoms with Crippen molar-refractivity contribution in [3.8, 4) is 0 Å². The van der Waals surface area contributed by atoms with E-state index in [2.05, 4.69) is 38.7 Å². The van der Waals surface area contributed by atoms with Gasteiger partial charge in [0.1, 0.15) is 0 Å². The van der Waals surface area contributed by atoms with Crippen LogP contribution in [0.25, 0.3) is 10.9 Å². The summed E-state index contributed by atoms with van der Waals surface area (Å²) in [7, 11) is 0. The number of piperidine rings is 1.